The van der Waals surface area contributed by atoms with Crippen molar-refractivity contribution in [2.75, 3.05) is 7.11 Å². The van der Waals surface area contributed by atoms with Gasteiger partial charge in [0, 0.05) is 10.3 Å². The molecule has 0 bridgehead atoms. The average Bonchev–Trinajstić information content (AvgIpc) is 3.12. The van der Waals surface area contributed by atoms with Crippen LogP contribution in [0.4, 0.5) is 13.2 Å². The van der Waals surface area contributed by atoms with Crippen molar-refractivity contribution in [1.29, 1.82) is 0 Å². The molecule has 172 valence electrons. The molecular weight excluding hydrogens is 473 g/mol. The molecule has 1 aromatic heterocycles. The first-order chi connectivity index (χ1) is 14.8. The molecule has 1 aliphatic heterocycles. The second-order valence-electron chi connectivity index (χ2n) is 6.73. The van der Waals surface area contributed by atoms with Crippen molar-refractivity contribution in [2.45, 2.75) is 25.3 Å². The van der Waals surface area contributed by atoms with Gasteiger partial charge in [-0.05, 0) is 36.2 Å². The number of rotatable bonds is 5. The molecule has 1 atom stereocenters. The van der Waals surface area contributed by atoms with Gasteiger partial charge in [-0.15, -0.1) is 15.6 Å². The standard InChI is InChI=1S/C19H17F3N2O6S2/c1-9-14(10(2)25)15(12-8-31-13-7-5-4-6-11(12)13)16(18(26)29-3)17(23)24(9)30-32(27,28)19(20,21)22/h4-8,15H,23H2,1-3H3. The minimum atomic E-state index is -6.16. The zero-order valence-corrected chi connectivity index (χ0v) is 18.5. The first-order valence-corrected chi connectivity index (χ1v) is 11.2. The summed E-state index contributed by atoms with van der Waals surface area (Å²) in [5.74, 6) is -3.56. The number of thiophene rings is 1. The van der Waals surface area contributed by atoms with Gasteiger partial charge in [-0.2, -0.15) is 26.7 Å². The van der Waals surface area contributed by atoms with E-state index in [-0.39, 0.29) is 16.3 Å². The number of nitrogens with two attached hydrogens (primary N) is 1. The van der Waals surface area contributed by atoms with E-state index in [1.54, 1.807) is 23.6 Å². The lowest BCUT2D eigenvalue weighted by atomic mass is 9.79. The van der Waals surface area contributed by atoms with E-state index in [0.717, 1.165) is 18.7 Å². The second-order valence-corrected chi connectivity index (χ2v) is 9.17. The van der Waals surface area contributed by atoms with E-state index < -0.39 is 44.7 Å². The number of nitrogens with zero attached hydrogens (tertiary/aromatic N) is 1. The number of carbonyl (C=O) groups excluding carboxylic acids is 2. The summed E-state index contributed by atoms with van der Waals surface area (Å²) in [5.41, 5.74) is -0.238. The summed E-state index contributed by atoms with van der Waals surface area (Å²) in [4.78, 5) is 25.3. The van der Waals surface area contributed by atoms with Crippen LogP contribution in [0, 0.1) is 0 Å². The second kappa shape index (κ2) is 8.22. The van der Waals surface area contributed by atoms with Crippen LogP contribution in [-0.2, 0) is 28.7 Å². The number of esters is 1. The molecule has 3 rings (SSSR count). The van der Waals surface area contributed by atoms with Crippen LogP contribution >= 0.6 is 11.3 Å². The van der Waals surface area contributed by atoms with Gasteiger partial charge >= 0.3 is 21.6 Å². The van der Waals surface area contributed by atoms with Gasteiger partial charge in [0.1, 0.15) is 5.82 Å². The number of methoxy groups -OCH3 is 1. The number of carbonyl (C=O) groups is 2. The molecule has 13 heteroatoms. The summed E-state index contributed by atoms with van der Waals surface area (Å²) in [6.45, 7) is 2.30. The van der Waals surface area contributed by atoms with E-state index >= 15 is 0 Å². The van der Waals surface area contributed by atoms with Crippen LogP contribution in [0.1, 0.15) is 25.3 Å². The van der Waals surface area contributed by atoms with Gasteiger partial charge in [-0.1, -0.05) is 18.2 Å². The lowest BCUT2D eigenvalue weighted by molar-refractivity contribution is -0.137. The molecule has 0 aliphatic carbocycles. The summed E-state index contributed by atoms with van der Waals surface area (Å²) in [5, 5.41) is 2.49. The Bertz CT molecular complexity index is 1280. The highest BCUT2D eigenvalue weighted by Gasteiger charge is 2.51. The van der Waals surface area contributed by atoms with E-state index in [4.69, 9.17) is 10.5 Å². The van der Waals surface area contributed by atoms with Crippen molar-refractivity contribution in [3.63, 3.8) is 0 Å². The quantitative estimate of drug-likeness (QED) is 0.502. The highest BCUT2D eigenvalue weighted by atomic mass is 32.2. The highest BCUT2D eigenvalue weighted by molar-refractivity contribution is 7.87. The lowest BCUT2D eigenvalue weighted by Crippen LogP contribution is -2.41. The van der Waals surface area contributed by atoms with Gasteiger partial charge in [0.25, 0.3) is 0 Å². The molecule has 1 unspecified atom stereocenters. The van der Waals surface area contributed by atoms with Gasteiger partial charge in [0.15, 0.2) is 5.78 Å². The molecule has 0 fully saturated rings. The van der Waals surface area contributed by atoms with Gasteiger partial charge < -0.3 is 10.5 Å². The fourth-order valence-electron chi connectivity index (χ4n) is 3.46. The summed E-state index contributed by atoms with van der Waals surface area (Å²) in [7, 11) is -5.14. The van der Waals surface area contributed by atoms with Crippen molar-refractivity contribution in [3.05, 3.63) is 57.9 Å². The van der Waals surface area contributed by atoms with Crippen molar-refractivity contribution < 1.29 is 40.2 Å². The van der Waals surface area contributed by atoms with Crippen molar-refractivity contribution in [1.82, 2.24) is 5.06 Å². The zero-order chi connectivity index (χ0) is 24.0. The smallest absolute Gasteiger partial charge is 0.466 e. The fourth-order valence-corrected chi connectivity index (χ4v) is 4.92. The number of hydroxylamine groups is 2. The van der Waals surface area contributed by atoms with E-state index in [9.17, 15) is 31.2 Å². The summed E-state index contributed by atoms with van der Waals surface area (Å²) in [6, 6.07) is 7.09. The first kappa shape index (κ1) is 23.8. The van der Waals surface area contributed by atoms with E-state index in [0.29, 0.717) is 10.9 Å². The van der Waals surface area contributed by atoms with Crippen LogP contribution in [0.5, 0.6) is 0 Å². The molecule has 1 aliphatic rings. The summed E-state index contributed by atoms with van der Waals surface area (Å²) in [6.07, 6.45) is 0. The maximum atomic E-state index is 12.9. The number of ketones is 1. The zero-order valence-electron chi connectivity index (χ0n) is 16.9. The minimum absolute atomic E-state index is 0.122. The van der Waals surface area contributed by atoms with Gasteiger partial charge in [0.2, 0.25) is 0 Å². The van der Waals surface area contributed by atoms with Gasteiger partial charge in [-0.25, -0.2) is 4.79 Å². The van der Waals surface area contributed by atoms with Crippen molar-refractivity contribution in [3.8, 4) is 0 Å². The van der Waals surface area contributed by atoms with Crippen LogP contribution in [0.25, 0.3) is 10.1 Å². The Labute approximate surface area is 184 Å². The summed E-state index contributed by atoms with van der Waals surface area (Å²) < 4.78 is 71.8. The molecule has 0 saturated carbocycles. The van der Waals surface area contributed by atoms with Crippen LogP contribution in [0.15, 0.2) is 52.3 Å². The van der Waals surface area contributed by atoms with Crippen LogP contribution in [0.3, 0.4) is 0 Å². The average molecular weight is 490 g/mol. The lowest BCUT2D eigenvalue weighted by Gasteiger charge is -2.35. The minimum Gasteiger partial charge on any atom is -0.466 e. The third-order valence-electron chi connectivity index (χ3n) is 4.83. The Balaban J connectivity index is 2.31. The number of hydrogen-bond acceptors (Lipinski definition) is 9. The molecule has 0 radical (unpaired) electrons. The Morgan fingerprint density at radius 1 is 1.19 bits per heavy atom. The van der Waals surface area contributed by atoms with Crippen LogP contribution in [0.2, 0.25) is 0 Å². The summed E-state index contributed by atoms with van der Waals surface area (Å²) >= 11 is 1.32. The number of fused-ring (bicyclic) bond motifs is 1. The van der Waals surface area contributed by atoms with Crippen molar-refractivity contribution in [2.24, 2.45) is 5.73 Å². The normalized spacial score (nSPS) is 17.8. The third-order valence-corrected chi connectivity index (χ3v) is 6.72. The molecular formula is C19H17F3N2O6S2. The highest BCUT2D eigenvalue weighted by Crippen LogP contribution is 2.46. The fraction of sp³-hybridized carbons (Fsp3) is 0.263. The monoisotopic (exact) mass is 490 g/mol. The van der Waals surface area contributed by atoms with Gasteiger partial charge in [0.05, 0.1) is 24.3 Å². The predicted molar refractivity (Wildman–Crippen MR) is 109 cm³/mol. The van der Waals surface area contributed by atoms with E-state index in [2.05, 4.69) is 4.28 Å². The van der Waals surface area contributed by atoms with Crippen LogP contribution in [-0.4, -0.2) is 37.9 Å². The number of alkyl halides is 3. The first-order valence-electron chi connectivity index (χ1n) is 8.88. The Morgan fingerprint density at radius 2 is 1.81 bits per heavy atom. The molecule has 32 heavy (non-hydrogen) atoms. The number of benzene rings is 1. The molecule has 8 nitrogen and oxygen atoms in total. The number of hydrogen-bond donors (Lipinski definition) is 1. The Kier molecular flexibility index (Phi) is 6.10. The maximum absolute atomic E-state index is 12.9. The predicted octanol–water partition coefficient (Wildman–Crippen LogP) is 3.29. The number of ether oxygens (including phenoxy) is 1. The molecule has 0 spiro atoms. The molecule has 0 saturated heterocycles. The molecule has 2 N–H and O–H groups in total. The van der Waals surface area contributed by atoms with Crippen molar-refractivity contribution >= 4 is 43.3 Å². The number of allylic oxidation sites excluding steroid dienone is 2. The number of Topliss-reactive ketones (excluding diaryl/α,β-unsaturated/α-hetero) is 1. The largest absolute Gasteiger partial charge is 0.525 e. The molecule has 2 aromatic rings. The Hall–Kier alpha value is -2.90. The molecule has 1 aromatic carbocycles. The Morgan fingerprint density at radius 3 is 2.38 bits per heavy atom. The SMILES string of the molecule is COC(=O)C1=C(N)N(OS(=O)(=O)C(F)(F)F)C(C)=C(C(C)=O)C1c1csc2ccccc12. The van der Waals surface area contributed by atoms with E-state index in [1.807, 2.05) is 6.07 Å². The van der Waals surface area contributed by atoms with E-state index in [1.165, 1.54) is 18.3 Å². The topological polar surface area (TPSA) is 116 Å². The molecule has 2 heterocycles. The number of halogens is 3. The maximum Gasteiger partial charge on any atom is 0.525 e. The van der Waals surface area contributed by atoms with Gasteiger partial charge in [-0.3, -0.25) is 4.79 Å². The van der Waals surface area contributed by atoms with Crippen LogP contribution < -0.4 is 5.73 Å². The third kappa shape index (κ3) is 3.87. The molecule has 0 amide bonds.